The summed E-state index contributed by atoms with van der Waals surface area (Å²) in [6.45, 7) is 1.73. The first-order chi connectivity index (χ1) is 10.8. The number of hydrogen-bond donors (Lipinski definition) is 2. The van der Waals surface area contributed by atoms with Gasteiger partial charge in [0.15, 0.2) is 6.29 Å². The SMILES string of the molecule is O[C@@H]1O[C@H]([C@]2(c3ccccc3)CN2)N2C[C@@]12c1ccccc1. The van der Waals surface area contributed by atoms with Gasteiger partial charge in [0, 0.05) is 13.1 Å². The molecule has 0 aromatic heterocycles. The molecule has 3 fully saturated rings. The van der Waals surface area contributed by atoms with Crippen LogP contribution < -0.4 is 5.32 Å². The molecule has 0 bridgehead atoms. The van der Waals surface area contributed by atoms with E-state index in [1.165, 1.54) is 5.56 Å². The molecule has 0 spiro atoms. The van der Waals surface area contributed by atoms with Crippen LogP contribution in [0.15, 0.2) is 60.7 Å². The fourth-order valence-corrected chi connectivity index (χ4v) is 3.91. The zero-order valence-electron chi connectivity index (χ0n) is 12.1. The Morgan fingerprint density at radius 2 is 1.59 bits per heavy atom. The summed E-state index contributed by atoms with van der Waals surface area (Å²) in [6.07, 6.45) is -0.895. The van der Waals surface area contributed by atoms with E-state index in [2.05, 4.69) is 46.6 Å². The first-order valence-corrected chi connectivity index (χ1v) is 7.74. The van der Waals surface area contributed by atoms with E-state index in [-0.39, 0.29) is 17.3 Å². The molecule has 1 unspecified atom stereocenters. The Labute approximate surface area is 129 Å². The van der Waals surface area contributed by atoms with Crippen molar-refractivity contribution in [1.82, 2.24) is 10.2 Å². The Kier molecular flexibility index (Phi) is 2.43. The molecule has 4 heteroatoms. The van der Waals surface area contributed by atoms with Crippen molar-refractivity contribution in [1.29, 1.82) is 0 Å². The summed E-state index contributed by atoms with van der Waals surface area (Å²) < 4.78 is 5.98. The van der Waals surface area contributed by atoms with Crippen molar-refractivity contribution in [2.75, 3.05) is 13.1 Å². The summed E-state index contributed by atoms with van der Waals surface area (Å²) in [6, 6.07) is 20.6. The quantitative estimate of drug-likeness (QED) is 0.840. The third-order valence-electron chi connectivity index (χ3n) is 5.31. The molecule has 3 saturated heterocycles. The summed E-state index contributed by atoms with van der Waals surface area (Å²) in [7, 11) is 0. The second kappa shape index (κ2) is 4.18. The predicted octanol–water partition coefficient (Wildman–Crippen LogP) is 1.37. The van der Waals surface area contributed by atoms with E-state index < -0.39 is 6.29 Å². The van der Waals surface area contributed by atoms with E-state index in [1.807, 2.05) is 24.3 Å². The van der Waals surface area contributed by atoms with Gasteiger partial charge in [-0.3, -0.25) is 4.90 Å². The molecule has 2 N–H and O–H groups in total. The lowest BCUT2D eigenvalue weighted by Crippen LogP contribution is -2.37. The summed E-state index contributed by atoms with van der Waals surface area (Å²) in [5, 5.41) is 14.0. The molecule has 3 aliphatic heterocycles. The van der Waals surface area contributed by atoms with E-state index in [1.54, 1.807) is 0 Å². The second-order valence-electron chi connectivity index (χ2n) is 6.45. The fourth-order valence-electron chi connectivity index (χ4n) is 3.91. The van der Waals surface area contributed by atoms with Crippen LogP contribution in [0.25, 0.3) is 0 Å². The molecule has 2 aromatic carbocycles. The first kappa shape index (κ1) is 12.8. The molecule has 3 heterocycles. The average molecular weight is 294 g/mol. The van der Waals surface area contributed by atoms with Crippen LogP contribution in [0.2, 0.25) is 0 Å². The van der Waals surface area contributed by atoms with Gasteiger partial charge in [0.25, 0.3) is 0 Å². The van der Waals surface area contributed by atoms with E-state index in [0.717, 1.165) is 18.7 Å². The van der Waals surface area contributed by atoms with Crippen LogP contribution in [0.4, 0.5) is 0 Å². The largest absolute Gasteiger partial charge is 0.366 e. The Balaban J connectivity index is 1.51. The van der Waals surface area contributed by atoms with Crippen LogP contribution in [0, 0.1) is 0 Å². The third kappa shape index (κ3) is 1.50. The summed E-state index contributed by atoms with van der Waals surface area (Å²) in [4.78, 5) is 2.28. The van der Waals surface area contributed by atoms with Gasteiger partial charge in [-0.15, -0.1) is 0 Å². The van der Waals surface area contributed by atoms with Gasteiger partial charge < -0.3 is 15.2 Å². The van der Waals surface area contributed by atoms with Crippen molar-refractivity contribution in [3.8, 4) is 0 Å². The monoisotopic (exact) mass is 294 g/mol. The molecule has 0 saturated carbocycles. The van der Waals surface area contributed by atoms with Gasteiger partial charge in [0.05, 0.1) is 5.54 Å². The Bertz CT molecular complexity index is 702. The highest BCUT2D eigenvalue weighted by molar-refractivity contribution is 5.40. The maximum Gasteiger partial charge on any atom is 0.180 e. The molecule has 4 nitrogen and oxygen atoms in total. The van der Waals surface area contributed by atoms with Gasteiger partial charge in [0.1, 0.15) is 11.8 Å². The van der Waals surface area contributed by atoms with Crippen LogP contribution in [-0.2, 0) is 15.8 Å². The zero-order chi connectivity index (χ0) is 14.8. The number of hydrogen-bond acceptors (Lipinski definition) is 4. The minimum atomic E-state index is -0.775. The lowest BCUT2D eigenvalue weighted by atomic mass is 9.97. The highest BCUT2D eigenvalue weighted by Crippen LogP contribution is 2.58. The number of fused-ring (bicyclic) bond motifs is 1. The van der Waals surface area contributed by atoms with Crippen molar-refractivity contribution in [2.45, 2.75) is 23.6 Å². The highest BCUT2D eigenvalue weighted by Gasteiger charge is 2.73. The number of benzene rings is 2. The molecule has 3 aliphatic rings. The number of nitrogens with zero attached hydrogens (tertiary/aromatic N) is 1. The number of aliphatic hydroxyl groups excluding tert-OH is 1. The lowest BCUT2D eigenvalue weighted by molar-refractivity contribution is -0.134. The summed E-state index contributed by atoms with van der Waals surface area (Å²) >= 11 is 0. The van der Waals surface area contributed by atoms with Crippen molar-refractivity contribution in [3.05, 3.63) is 71.8 Å². The molecule has 5 rings (SSSR count). The number of rotatable bonds is 3. The first-order valence-electron chi connectivity index (χ1n) is 7.74. The predicted molar refractivity (Wildman–Crippen MR) is 81.8 cm³/mol. The van der Waals surface area contributed by atoms with E-state index in [9.17, 15) is 5.11 Å². The number of ether oxygens (including phenoxy) is 1. The van der Waals surface area contributed by atoms with Gasteiger partial charge >= 0.3 is 0 Å². The molecule has 112 valence electrons. The summed E-state index contributed by atoms with van der Waals surface area (Å²) in [5.74, 6) is 0. The van der Waals surface area contributed by atoms with Crippen LogP contribution in [0.5, 0.6) is 0 Å². The maximum atomic E-state index is 10.6. The van der Waals surface area contributed by atoms with Crippen molar-refractivity contribution in [2.24, 2.45) is 0 Å². The van der Waals surface area contributed by atoms with Crippen LogP contribution in [-0.4, -0.2) is 35.6 Å². The zero-order valence-corrected chi connectivity index (χ0v) is 12.1. The smallest absolute Gasteiger partial charge is 0.180 e. The van der Waals surface area contributed by atoms with Gasteiger partial charge in [-0.05, 0) is 11.1 Å². The number of aliphatic hydroxyl groups is 1. The van der Waals surface area contributed by atoms with Crippen molar-refractivity contribution < 1.29 is 9.84 Å². The summed E-state index contributed by atoms with van der Waals surface area (Å²) in [5.41, 5.74) is 1.81. The molecule has 0 amide bonds. The van der Waals surface area contributed by atoms with E-state index in [4.69, 9.17) is 4.74 Å². The van der Waals surface area contributed by atoms with Crippen LogP contribution in [0.3, 0.4) is 0 Å². The van der Waals surface area contributed by atoms with Gasteiger partial charge in [0.2, 0.25) is 0 Å². The van der Waals surface area contributed by atoms with Crippen molar-refractivity contribution >= 4 is 0 Å². The van der Waals surface area contributed by atoms with Gasteiger partial charge in [-0.1, -0.05) is 60.7 Å². The average Bonchev–Trinajstić information content (AvgIpc) is 3.49. The highest BCUT2D eigenvalue weighted by atomic mass is 16.6. The molecular formula is C18H18N2O2. The van der Waals surface area contributed by atoms with Gasteiger partial charge in [-0.2, -0.15) is 0 Å². The second-order valence-corrected chi connectivity index (χ2v) is 6.45. The third-order valence-corrected chi connectivity index (χ3v) is 5.31. The minimum Gasteiger partial charge on any atom is -0.366 e. The van der Waals surface area contributed by atoms with Gasteiger partial charge in [-0.25, -0.2) is 0 Å². The van der Waals surface area contributed by atoms with Crippen LogP contribution >= 0.6 is 0 Å². The fraction of sp³-hybridized carbons (Fsp3) is 0.333. The molecule has 0 aliphatic carbocycles. The molecule has 2 aromatic rings. The standard InChI is InChI=1S/C18H18N2O2/c21-16-18(14-9-5-2-6-10-14)12-20(18)15(22-16)17(11-19-17)13-7-3-1-4-8-13/h1-10,15-16,19,21H,11-12H2/t15-,16-,17-,18-,20?/m1/s1. The molecule has 22 heavy (non-hydrogen) atoms. The van der Waals surface area contributed by atoms with E-state index >= 15 is 0 Å². The van der Waals surface area contributed by atoms with Crippen LogP contribution in [0.1, 0.15) is 11.1 Å². The Hall–Kier alpha value is -1.72. The Morgan fingerprint density at radius 1 is 1.00 bits per heavy atom. The maximum absolute atomic E-state index is 10.6. The molecule has 5 atom stereocenters. The minimum absolute atomic E-state index is 0.120. The molecule has 0 radical (unpaired) electrons. The number of nitrogens with one attached hydrogen (secondary N) is 1. The topological polar surface area (TPSA) is 54.4 Å². The molecular weight excluding hydrogens is 276 g/mol. The Morgan fingerprint density at radius 3 is 2.14 bits per heavy atom. The normalized spacial score (nSPS) is 42.0. The van der Waals surface area contributed by atoms with E-state index in [0.29, 0.717) is 0 Å². The van der Waals surface area contributed by atoms with Crippen molar-refractivity contribution in [3.63, 3.8) is 0 Å². The lowest BCUT2D eigenvalue weighted by Gasteiger charge is -2.24.